The molecule has 0 saturated carbocycles. The zero-order valence-corrected chi connectivity index (χ0v) is 11.0. The van der Waals surface area contributed by atoms with Gasteiger partial charge in [-0.15, -0.1) is 11.3 Å². The highest BCUT2D eigenvalue weighted by Crippen LogP contribution is 2.13. The Kier molecular flexibility index (Phi) is 3.99. The number of nitrogen functional groups attached to an aromatic ring is 1. The first-order valence-electron chi connectivity index (χ1n) is 5.72. The third kappa shape index (κ3) is 3.34. The Labute approximate surface area is 110 Å². The average molecular weight is 261 g/mol. The van der Waals surface area contributed by atoms with E-state index >= 15 is 0 Å². The van der Waals surface area contributed by atoms with Gasteiger partial charge in [0.25, 0.3) is 0 Å². The lowest BCUT2D eigenvalue weighted by atomic mass is 10.1. The molecule has 18 heavy (non-hydrogen) atoms. The second-order valence-electron chi connectivity index (χ2n) is 4.10. The summed E-state index contributed by atoms with van der Waals surface area (Å²) in [6.07, 6.45) is 0.755. The average Bonchev–Trinajstić information content (AvgIpc) is 2.80. The molecule has 0 fully saturated rings. The number of hydrogen-bond acceptors (Lipinski definition) is 4. The smallest absolute Gasteiger partial charge is 0.338 e. The summed E-state index contributed by atoms with van der Waals surface area (Å²) >= 11 is 1.66. The molecule has 0 unspecified atom stereocenters. The third-order valence-corrected chi connectivity index (χ3v) is 3.43. The highest BCUT2D eigenvalue weighted by atomic mass is 32.1. The third-order valence-electron chi connectivity index (χ3n) is 2.50. The summed E-state index contributed by atoms with van der Waals surface area (Å²) in [4.78, 5) is 13.0. The fourth-order valence-electron chi connectivity index (χ4n) is 1.71. The van der Waals surface area contributed by atoms with Crippen LogP contribution < -0.4 is 5.73 Å². The molecule has 4 heteroatoms. The van der Waals surface area contributed by atoms with Gasteiger partial charge in [-0.25, -0.2) is 4.79 Å². The lowest BCUT2D eigenvalue weighted by molar-refractivity contribution is 0.0510. The monoisotopic (exact) mass is 261 g/mol. The molecule has 94 valence electrons. The zero-order chi connectivity index (χ0) is 13.0. The highest BCUT2D eigenvalue weighted by molar-refractivity contribution is 7.09. The van der Waals surface area contributed by atoms with Gasteiger partial charge in [0.2, 0.25) is 0 Å². The van der Waals surface area contributed by atoms with E-state index in [0.717, 1.165) is 12.0 Å². The fraction of sp³-hybridized carbons (Fsp3) is 0.214. The summed E-state index contributed by atoms with van der Waals surface area (Å²) in [6, 6.07) is 9.26. The lowest BCUT2D eigenvalue weighted by Gasteiger charge is -2.06. The molecule has 3 nitrogen and oxygen atoms in total. The minimum atomic E-state index is -0.318. The van der Waals surface area contributed by atoms with E-state index in [0.29, 0.717) is 17.9 Å². The predicted molar refractivity (Wildman–Crippen MR) is 73.9 cm³/mol. The quantitative estimate of drug-likeness (QED) is 0.680. The molecule has 0 saturated heterocycles. The molecule has 0 aliphatic rings. The van der Waals surface area contributed by atoms with Gasteiger partial charge < -0.3 is 10.5 Å². The van der Waals surface area contributed by atoms with Gasteiger partial charge in [0, 0.05) is 17.0 Å². The first kappa shape index (κ1) is 12.6. The van der Waals surface area contributed by atoms with E-state index in [1.807, 2.05) is 30.5 Å². The largest absolute Gasteiger partial charge is 0.462 e. The van der Waals surface area contributed by atoms with Crippen molar-refractivity contribution in [1.82, 2.24) is 0 Å². The van der Waals surface area contributed by atoms with Gasteiger partial charge in [-0.05, 0) is 42.1 Å². The van der Waals surface area contributed by atoms with Crippen molar-refractivity contribution in [2.24, 2.45) is 0 Å². The summed E-state index contributed by atoms with van der Waals surface area (Å²) < 4.78 is 5.22. The Bertz CT molecular complexity index is 514. The van der Waals surface area contributed by atoms with Crippen molar-refractivity contribution in [2.45, 2.75) is 13.3 Å². The van der Waals surface area contributed by atoms with Crippen LogP contribution >= 0.6 is 11.3 Å². The van der Waals surface area contributed by atoms with Gasteiger partial charge in [-0.1, -0.05) is 6.07 Å². The van der Waals surface area contributed by atoms with Crippen molar-refractivity contribution >= 4 is 23.0 Å². The lowest BCUT2D eigenvalue weighted by Crippen LogP contribution is -2.08. The second kappa shape index (κ2) is 5.69. The van der Waals surface area contributed by atoms with Crippen molar-refractivity contribution in [3.8, 4) is 0 Å². The van der Waals surface area contributed by atoms with Crippen LogP contribution in [0.1, 0.15) is 20.8 Å². The number of carbonyl (C=O) groups excluding carboxylic acids is 1. The molecule has 0 bridgehead atoms. The van der Waals surface area contributed by atoms with Crippen LogP contribution in [0.25, 0.3) is 0 Å². The van der Waals surface area contributed by atoms with Gasteiger partial charge >= 0.3 is 5.97 Å². The van der Waals surface area contributed by atoms with E-state index in [-0.39, 0.29) is 5.97 Å². The molecular weight excluding hydrogens is 246 g/mol. The van der Waals surface area contributed by atoms with Gasteiger partial charge in [0.1, 0.15) is 0 Å². The van der Waals surface area contributed by atoms with E-state index in [1.165, 1.54) is 4.88 Å². The van der Waals surface area contributed by atoms with Crippen LogP contribution in [0.5, 0.6) is 0 Å². The number of anilines is 1. The first-order valence-corrected chi connectivity index (χ1v) is 6.60. The summed E-state index contributed by atoms with van der Waals surface area (Å²) in [6.45, 7) is 2.30. The second-order valence-corrected chi connectivity index (χ2v) is 5.13. The van der Waals surface area contributed by atoms with Crippen LogP contribution in [-0.2, 0) is 11.2 Å². The topological polar surface area (TPSA) is 52.3 Å². The number of carbonyl (C=O) groups is 1. The number of hydrogen-bond donors (Lipinski definition) is 1. The zero-order valence-electron chi connectivity index (χ0n) is 10.2. The van der Waals surface area contributed by atoms with Crippen LogP contribution in [0.4, 0.5) is 5.69 Å². The maximum absolute atomic E-state index is 11.8. The van der Waals surface area contributed by atoms with Gasteiger partial charge in [-0.2, -0.15) is 0 Å². The van der Waals surface area contributed by atoms with E-state index in [9.17, 15) is 4.79 Å². The van der Waals surface area contributed by atoms with E-state index < -0.39 is 0 Å². The summed E-state index contributed by atoms with van der Waals surface area (Å²) in [5, 5.41) is 2.01. The molecule has 0 spiro atoms. The molecule has 2 aromatic rings. The van der Waals surface area contributed by atoms with Crippen LogP contribution in [-0.4, -0.2) is 12.6 Å². The summed E-state index contributed by atoms with van der Waals surface area (Å²) in [5.74, 6) is -0.318. The molecule has 1 aromatic heterocycles. The van der Waals surface area contributed by atoms with Crippen molar-refractivity contribution in [3.63, 3.8) is 0 Å². The first-order chi connectivity index (χ1) is 8.65. The molecule has 1 heterocycles. The molecule has 0 aliphatic heterocycles. The molecule has 1 aromatic carbocycles. The predicted octanol–water partition coefficient (Wildman–Crippen LogP) is 3.04. The van der Waals surface area contributed by atoms with E-state index in [2.05, 4.69) is 0 Å². The number of esters is 1. The maximum Gasteiger partial charge on any atom is 0.338 e. The molecular formula is C14H15NO2S. The highest BCUT2D eigenvalue weighted by Gasteiger charge is 2.08. The van der Waals surface area contributed by atoms with Crippen molar-refractivity contribution in [1.29, 1.82) is 0 Å². The molecule has 0 aliphatic carbocycles. The van der Waals surface area contributed by atoms with Crippen LogP contribution in [0, 0.1) is 6.92 Å². The Balaban J connectivity index is 1.91. The Morgan fingerprint density at radius 3 is 2.89 bits per heavy atom. The molecule has 0 radical (unpaired) electrons. The van der Waals surface area contributed by atoms with Crippen LogP contribution in [0.15, 0.2) is 35.7 Å². The number of rotatable bonds is 4. The van der Waals surface area contributed by atoms with Crippen molar-refractivity contribution < 1.29 is 9.53 Å². The molecule has 2 N–H and O–H groups in total. The normalized spacial score (nSPS) is 10.3. The molecule has 0 amide bonds. The van der Waals surface area contributed by atoms with Crippen molar-refractivity contribution in [3.05, 3.63) is 51.7 Å². The summed E-state index contributed by atoms with van der Waals surface area (Å²) in [7, 11) is 0. The maximum atomic E-state index is 11.8. The minimum absolute atomic E-state index is 0.318. The van der Waals surface area contributed by atoms with E-state index in [4.69, 9.17) is 10.5 Å². The Morgan fingerprint density at radius 2 is 2.22 bits per heavy atom. The number of aryl methyl sites for hydroxylation is 1. The number of ether oxygens (including phenoxy) is 1. The number of thiophene rings is 1. The number of benzene rings is 1. The van der Waals surface area contributed by atoms with Gasteiger partial charge in [0.05, 0.1) is 12.2 Å². The standard InChI is InChI=1S/C14H15NO2S/c1-10-7-11(9-12(15)8-10)14(16)17-5-4-13-3-2-6-18-13/h2-3,6-9H,4-5,15H2,1H3. The van der Waals surface area contributed by atoms with Crippen LogP contribution in [0.3, 0.4) is 0 Å². The minimum Gasteiger partial charge on any atom is -0.462 e. The molecule has 0 atom stereocenters. The SMILES string of the molecule is Cc1cc(N)cc(C(=O)OCCc2cccs2)c1. The summed E-state index contributed by atoms with van der Waals surface area (Å²) in [5.41, 5.74) is 7.75. The van der Waals surface area contributed by atoms with Gasteiger partial charge in [-0.3, -0.25) is 0 Å². The fourth-order valence-corrected chi connectivity index (χ4v) is 2.40. The van der Waals surface area contributed by atoms with E-state index in [1.54, 1.807) is 23.5 Å². The van der Waals surface area contributed by atoms with Crippen molar-refractivity contribution in [2.75, 3.05) is 12.3 Å². The number of nitrogens with two attached hydrogens (primary N) is 1. The van der Waals surface area contributed by atoms with Crippen LogP contribution in [0.2, 0.25) is 0 Å². The Morgan fingerprint density at radius 1 is 1.39 bits per heavy atom. The van der Waals surface area contributed by atoms with Gasteiger partial charge in [0.15, 0.2) is 0 Å². The molecule has 2 rings (SSSR count). The Hall–Kier alpha value is -1.81.